The maximum Gasteiger partial charge on any atom is 0.266 e. The molecule has 3 aromatic carbocycles. The van der Waals surface area contributed by atoms with Crippen molar-refractivity contribution in [1.29, 1.82) is 5.26 Å². The lowest BCUT2D eigenvalue weighted by Crippen LogP contribution is -2.20. The van der Waals surface area contributed by atoms with Crippen molar-refractivity contribution in [2.24, 2.45) is 0 Å². The number of benzene rings is 3. The Morgan fingerprint density at radius 2 is 1.49 bits per heavy atom. The molecule has 0 atom stereocenters. The summed E-state index contributed by atoms with van der Waals surface area (Å²) >= 11 is 6.11. The van der Waals surface area contributed by atoms with Gasteiger partial charge in [-0.25, -0.2) is 0 Å². The van der Waals surface area contributed by atoms with Gasteiger partial charge in [0.2, 0.25) is 0 Å². The van der Waals surface area contributed by atoms with Gasteiger partial charge in [0.1, 0.15) is 28.9 Å². The van der Waals surface area contributed by atoms with Crippen molar-refractivity contribution in [2.75, 3.05) is 31.5 Å². The van der Waals surface area contributed by atoms with E-state index in [1.54, 1.807) is 67.8 Å². The molecule has 0 aliphatic rings. The fraction of sp³-hybridized carbons (Fsp3) is 0.115. The molecule has 0 saturated heterocycles. The Morgan fingerprint density at radius 3 is 2.03 bits per heavy atom. The third kappa shape index (κ3) is 7.25. The third-order valence-corrected chi connectivity index (χ3v) is 4.95. The molecule has 0 radical (unpaired) electrons. The highest BCUT2D eigenvalue weighted by Gasteiger charge is 2.13. The van der Waals surface area contributed by atoms with E-state index in [-0.39, 0.29) is 17.9 Å². The third-order valence-electron chi connectivity index (χ3n) is 4.72. The fourth-order valence-corrected chi connectivity index (χ4v) is 3.14. The zero-order valence-electron chi connectivity index (χ0n) is 19.0. The summed E-state index contributed by atoms with van der Waals surface area (Å²) in [5.41, 5.74) is 1.28. The van der Waals surface area contributed by atoms with Crippen LogP contribution in [0.25, 0.3) is 6.08 Å². The first kappa shape index (κ1) is 25.1. The summed E-state index contributed by atoms with van der Waals surface area (Å²) in [7, 11) is 3.09. The Hall–Kier alpha value is -4.48. The van der Waals surface area contributed by atoms with Gasteiger partial charge in [0.15, 0.2) is 6.61 Å². The van der Waals surface area contributed by atoms with E-state index in [4.69, 9.17) is 25.8 Å². The van der Waals surface area contributed by atoms with Crippen LogP contribution in [0, 0.1) is 11.3 Å². The van der Waals surface area contributed by atoms with Crippen molar-refractivity contribution < 1.29 is 23.8 Å². The van der Waals surface area contributed by atoms with E-state index in [9.17, 15) is 14.9 Å². The second kappa shape index (κ2) is 12.1. The number of nitrogens with one attached hydrogen (secondary N) is 2. The highest BCUT2D eigenvalue weighted by Crippen LogP contribution is 2.26. The average Bonchev–Trinajstić information content (AvgIpc) is 2.87. The maximum absolute atomic E-state index is 12.6. The average molecular weight is 492 g/mol. The topological polar surface area (TPSA) is 110 Å². The molecule has 0 saturated carbocycles. The van der Waals surface area contributed by atoms with Crippen LogP contribution in [0.2, 0.25) is 5.02 Å². The summed E-state index contributed by atoms with van der Waals surface area (Å²) in [6.07, 6.45) is 1.35. The molecule has 0 aliphatic carbocycles. The maximum atomic E-state index is 12.6. The summed E-state index contributed by atoms with van der Waals surface area (Å²) in [4.78, 5) is 25.0. The van der Waals surface area contributed by atoms with Gasteiger partial charge in [-0.3, -0.25) is 9.59 Å². The number of hydrogen-bond donors (Lipinski definition) is 2. The number of methoxy groups -OCH3 is 2. The first-order valence-electron chi connectivity index (χ1n) is 10.4. The monoisotopic (exact) mass is 491 g/mol. The molecule has 0 aromatic heterocycles. The summed E-state index contributed by atoms with van der Waals surface area (Å²) in [6.45, 7) is -0.297. The Balaban J connectivity index is 1.71. The summed E-state index contributed by atoms with van der Waals surface area (Å²) in [5.74, 6) is 0.583. The molecule has 0 spiro atoms. The molecule has 9 heteroatoms. The van der Waals surface area contributed by atoms with Gasteiger partial charge in [-0.05, 0) is 72.8 Å². The molecular weight excluding hydrogens is 470 g/mol. The van der Waals surface area contributed by atoms with Crippen LogP contribution < -0.4 is 24.8 Å². The van der Waals surface area contributed by atoms with Gasteiger partial charge in [-0.15, -0.1) is 0 Å². The quantitative estimate of drug-likeness (QED) is 0.325. The van der Waals surface area contributed by atoms with Gasteiger partial charge < -0.3 is 24.8 Å². The molecule has 3 aromatic rings. The van der Waals surface area contributed by atoms with Crippen LogP contribution in [0.1, 0.15) is 5.56 Å². The number of nitriles is 1. The van der Waals surface area contributed by atoms with E-state index in [0.29, 0.717) is 33.5 Å². The van der Waals surface area contributed by atoms with E-state index >= 15 is 0 Å². The van der Waals surface area contributed by atoms with E-state index < -0.39 is 11.8 Å². The first-order valence-corrected chi connectivity index (χ1v) is 10.7. The number of carbonyl (C=O) groups excluding carboxylic acids is 2. The molecule has 8 nitrogen and oxygen atoms in total. The minimum absolute atomic E-state index is 0.171. The van der Waals surface area contributed by atoms with Crippen LogP contribution in [0.3, 0.4) is 0 Å². The van der Waals surface area contributed by atoms with Gasteiger partial charge in [-0.2, -0.15) is 5.26 Å². The second-order valence-corrected chi connectivity index (χ2v) is 7.54. The van der Waals surface area contributed by atoms with Crippen LogP contribution in [0.4, 0.5) is 11.4 Å². The Labute approximate surface area is 207 Å². The van der Waals surface area contributed by atoms with Crippen molar-refractivity contribution in [3.8, 4) is 23.3 Å². The lowest BCUT2D eigenvalue weighted by Gasteiger charge is -2.11. The van der Waals surface area contributed by atoms with Crippen LogP contribution in [0.15, 0.2) is 72.3 Å². The Kier molecular flexibility index (Phi) is 8.70. The molecule has 0 aliphatic heterocycles. The van der Waals surface area contributed by atoms with Gasteiger partial charge in [-0.1, -0.05) is 11.6 Å². The summed E-state index contributed by atoms with van der Waals surface area (Å²) in [5, 5.41) is 15.3. The molecule has 2 N–H and O–H groups in total. The van der Waals surface area contributed by atoms with Crippen molar-refractivity contribution in [3.05, 3.63) is 82.9 Å². The lowest BCUT2D eigenvalue weighted by molar-refractivity contribution is -0.118. The number of hydrogen-bond acceptors (Lipinski definition) is 6. The number of halogens is 1. The van der Waals surface area contributed by atoms with E-state index in [1.807, 2.05) is 6.07 Å². The molecule has 178 valence electrons. The van der Waals surface area contributed by atoms with Crippen LogP contribution in [-0.4, -0.2) is 32.6 Å². The van der Waals surface area contributed by atoms with Gasteiger partial charge in [0.25, 0.3) is 11.8 Å². The molecule has 2 amide bonds. The number of anilines is 2. The number of nitrogens with zero attached hydrogens (tertiary/aromatic N) is 1. The molecule has 0 bridgehead atoms. The Morgan fingerprint density at radius 1 is 0.914 bits per heavy atom. The Bertz CT molecular complexity index is 1270. The van der Waals surface area contributed by atoms with Crippen molar-refractivity contribution in [3.63, 3.8) is 0 Å². The highest BCUT2D eigenvalue weighted by molar-refractivity contribution is 6.30. The standard InChI is InChI=1S/C26H22ClN3O5/c1-33-22-8-4-20(5-9-22)29-25(31)16-35-24-12-3-19(27)14-17(24)13-18(15-28)26(32)30-21-6-10-23(34-2)11-7-21/h3-14H,16H2,1-2H3,(H,29,31)(H,30,32). The lowest BCUT2D eigenvalue weighted by atomic mass is 10.1. The van der Waals surface area contributed by atoms with Crippen molar-refractivity contribution in [1.82, 2.24) is 0 Å². The van der Waals surface area contributed by atoms with Gasteiger partial charge >= 0.3 is 0 Å². The van der Waals surface area contributed by atoms with Gasteiger partial charge in [0, 0.05) is 22.0 Å². The van der Waals surface area contributed by atoms with Crippen LogP contribution >= 0.6 is 11.6 Å². The molecule has 0 unspecified atom stereocenters. The van der Waals surface area contributed by atoms with E-state index in [2.05, 4.69) is 10.6 Å². The molecular formula is C26H22ClN3O5. The number of carbonyl (C=O) groups is 2. The largest absolute Gasteiger partial charge is 0.497 e. The zero-order valence-corrected chi connectivity index (χ0v) is 19.8. The molecule has 35 heavy (non-hydrogen) atoms. The zero-order chi connectivity index (χ0) is 25.2. The SMILES string of the molecule is COc1ccc(NC(=O)COc2ccc(Cl)cc2C=C(C#N)C(=O)Nc2ccc(OC)cc2)cc1. The highest BCUT2D eigenvalue weighted by atomic mass is 35.5. The molecule has 0 heterocycles. The second-order valence-electron chi connectivity index (χ2n) is 7.10. The predicted octanol–water partition coefficient (Wildman–Crippen LogP) is 4.92. The van der Waals surface area contributed by atoms with Crippen LogP contribution in [-0.2, 0) is 9.59 Å². The van der Waals surface area contributed by atoms with E-state index in [1.165, 1.54) is 19.3 Å². The predicted molar refractivity (Wildman–Crippen MR) is 134 cm³/mol. The fourth-order valence-electron chi connectivity index (χ4n) is 2.96. The van der Waals surface area contributed by atoms with Crippen molar-refractivity contribution in [2.45, 2.75) is 0 Å². The number of ether oxygens (including phenoxy) is 3. The molecule has 3 rings (SSSR count). The molecule has 0 fully saturated rings. The van der Waals surface area contributed by atoms with Crippen molar-refractivity contribution >= 4 is 40.9 Å². The minimum atomic E-state index is -0.610. The number of rotatable bonds is 9. The van der Waals surface area contributed by atoms with E-state index in [0.717, 1.165) is 0 Å². The summed E-state index contributed by atoms with van der Waals surface area (Å²) in [6, 6.07) is 20.1. The first-order chi connectivity index (χ1) is 16.9. The minimum Gasteiger partial charge on any atom is -0.497 e. The van der Waals surface area contributed by atoms with Crippen LogP contribution in [0.5, 0.6) is 17.2 Å². The normalized spacial score (nSPS) is 10.6. The van der Waals surface area contributed by atoms with Gasteiger partial charge in [0.05, 0.1) is 14.2 Å². The smallest absolute Gasteiger partial charge is 0.266 e. The number of amides is 2. The summed E-state index contributed by atoms with van der Waals surface area (Å²) < 4.78 is 15.8.